The van der Waals surface area contributed by atoms with Crippen LogP contribution < -0.4 is 5.56 Å². The number of hydrogen-bond acceptors (Lipinski definition) is 5. The Morgan fingerprint density at radius 1 is 1.23 bits per heavy atom. The van der Waals surface area contributed by atoms with Gasteiger partial charge in [-0.1, -0.05) is 6.07 Å². The van der Waals surface area contributed by atoms with Crippen molar-refractivity contribution in [3.8, 4) is 11.5 Å². The zero-order valence-corrected chi connectivity index (χ0v) is 14.7. The molecule has 3 aromatic heterocycles. The maximum absolute atomic E-state index is 12.1. The first-order valence-corrected chi connectivity index (χ1v) is 9.08. The Balaban J connectivity index is 1.38. The third kappa shape index (κ3) is 2.61. The van der Waals surface area contributed by atoms with Gasteiger partial charge in [-0.3, -0.25) is 9.69 Å². The standard InChI is InChI=1S/C20H21N3O3/c1-13-17(21-20(26-13)15-5-6-25-12-15)11-22-8-14-7-16(10-22)18-3-2-4-19(24)23(18)9-14/h2-6,12,14,16H,7-11H2,1H3/t14-,16-/m0/s1. The fraction of sp³-hybridized carbons (Fsp3) is 0.400. The molecule has 3 aromatic rings. The molecule has 0 amide bonds. The summed E-state index contributed by atoms with van der Waals surface area (Å²) in [4.78, 5) is 19.3. The largest absolute Gasteiger partial charge is 0.472 e. The normalized spacial score (nSPS) is 22.3. The summed E-state index contributed by atoms with van der Waals surface area (Å²) in [5.74, 6) is 2.40. The van der Waals surface area contributed by atoms with Crippen LogP contribution in [0.3, 0.4) is 0 Å². The number of furan rings is 1. The van der Waals surface area contributed by atoms with E-state index in [1.165, 1.54) is 5.69 Å². The predicted octanol–water partition coefficient (Wildman–Crippen LogP) is 3.02. The average molecular weight is 351 g/mol. The van der Waals surface area contributed by atoms with Crippen LogP contribution in [0, 0.1) is 12.8 Å². The van der Waals surface area contributed by atoms with Crippen LogP contribution in [0.5, 0.6) is 0 Å². The molecule has 5 rings (SSSR count). The van der Waals surface area contributed by atoms with Crippen LogP contribution in [0.4, 0.5) is 0 Å². The van der Waals surface area contributed by atoms with Gasteiger partial charge < -0.3 is 13.4 Å². The second kappa shape index (κ2) is 5.99. The summed E-state index contributed by atoms with van der Waals surface area (Å²) in [6, 6.07) is 7.50. The molecule has 2 atom stereocenters. The molecule has 2 bridgehead atoms. The molecule has 0 aliphatic carbocycles. The Labute approximate surface area is 151 Å². The third-order valence-electron chi connectivity index (χ3n) is 5.59. The lowest BCUT2D eigenvalue weighted by molar-refractivity contribution is 0.113. The lowest BCUT2D eigenvalue weighted by Crippen LogP contribution is -2.46. The minimum absolute atomic E-state index is 0.128. The predicted molar refractivity (Wildman–Crippen MR) is 95.8 cm³/mol. The highest BCUT2D eigenvalue weighted by molar-refractivity contribution is 5.51. The smallest absolute Gasteiger partial charge is 0.250 e. The quantitative estimate of drug-likeness (QED) is 0.726. The first-order valence-electron chi connectivity index (χ1n) is 9.08. The summed E-state index contributed by atoms with van der Waals surface area (Å²) in [6.07, 6.45) is 4.44. The highest BCUT2D eigenvalue weighted by Gasteiger charge is 2.34. The van der Waals surface area contributed by atoms with Gasteiger partial charge in [-0.25, -0.2) is 4.98 Å². The molecule has 26 heavy (non-hydrogen) atoms. The molecule has 0 N–H and O–H groups in total. The fourth-order valence-electron chi connectivity index (χ4n) is 4.42. The number of pyridine rings is 1. The van der Waals surface area contributed by atoms with Crippen LogP contribution in [0.25, 0.3) is 11.5 Å². The van der Waals surface area contributed by atoms with Gasteiger partial charge in [-0.15, -0.1) is 0 Å². The van der Waals surface area contributed by atoms with E-state index in [1.54, 1.807) is 18.6 Å². The second-order valence-corrected chi connectivity index (χ2v) is 7.43. The summed E-state index contributed by atoms with van der Waals surface area (Å²) in [5.41, 5.74) is 3.15. The fourth-order valence-corrected chi connectivity index (χ4v) is 4.42. The summed E-state index contributed by atoms with van der Waals surface area (Å²) >= 11 is 0. The summed E-state index contributed by atoms with van der Waals surface area (Å²) in [5, 5.41) is 0. The summed E-state index contributed by atoms with van der Waals surface area (Å²) in [7, 11) is 0. The van der Waals surface area contributed by atoms with Gasteiger partial charge in [0, 0.05) is 43.9 Å². The van der Waals surface area contributed by atoms with Gasteiger partial charge >= 0.3 is 0 Å². The molecule has 0 aromatic carbocycles. The van der Waals surface area contributed by atoms with Crippen LogP contribution in [0.15, 0.2) is 50.4 Å². The Kier molecular flexibility index (Phi) is 3.60. The van der Waals surface area contributed by atoms with Crippen molar-refractivity contribution in [3.05, 3.63) is 64.3 Å². The van der Waals surface area contributed by atoms with E-state index in [0.29, 0.717) is 17.7 Å². The number of hydrogen-bond donors (Lipinski definition) is 0. The van der Waals surface area contributed by atoms with Crippen LogP contribution in [0.1, 0.15) is 29.5 Å². The van der Waals surface area contributed by atoms with E-state index in [4.69, 9.17) is 8.83 Å². The van der Waals surface area contributed by atoms with E-state index < -0.39 is 0 Å². The van der Waals surface area contributed by atoms with E-state index in [2.05, 4.69) is 16.0 Å². The van der Waals surface area contributed by atoms with Crippen molar-refractivity contribution in [2.24, 2.45) is 5.92 Å². The number of nitrogens with zero attached hydrogens (tertiary/aromatic N) is 3. The number of aryl methyl sites for hydroxylation is 1. The topological polar surface area (TPSA) is 64.4 Å². The van der Waals surface area contributed by atoms with Crippen LogP contribution >= 0.6 is 0 Å². The Morgan fingerprint density at radius 2 is 2.15 bits per heavy atom. The zero-order valence-electron chi connectivity index (χ0n) is 14.7. The van der Waals surface area contributed by atoms with Gasteiger partial charge in [0.15, 0.2) is 0 Å². The molecule has 134 valence electrons. The maximum Gasteiger partial charge on any atom is 0.250 e. The molecule has 2 aliphatic heterocycles. The third-order valence-corrected chi connectivity index (χ3v) is 5.59. The van der Waals surface area contributed by atoms with Gasteiger partial charge in [-0.2, -0.15) is 0 Å². The van der Waals surface area contributed by atoms with Crippen molar-refractivity contribution in [3.63, 3.8) is 0 Å². The highest BCUT2D eigenvalue weighted by atomic mass is 16.4. The van der Waals surface area contributed by atoms with Gasteiger partial charge in [-0.05, 0) is 31.4 Å². The first-order chi connectivity index (χ1) is 12.7. The Morgan fingerprint density at radius 3 is 3.00 bits per heavy atom. The van der Waals surface area contributed by atoms with Gasteiger partial charge in [0.2, 0.25) is 5.89 Å². The molecule has 0 spiro atoms. The molecular formula is C20H21N3O3. The molecule has 0 unspecified atom stereocenters. The minimum atomic E-state index is 0.128. The molecule has 6 heteroatoms. The highest BCUT2D eigenvalue weighted by Crippen LogP contribution is 2.35. The average Bonchev–Trinajstić information content (AvgIpc) is 3.26. The Bertz CT molecular complexity index is 986. The SMILES string of the molecule is Cc1oc(-c2ccoc2)nc1CN1C[C@@H]2C[C@@H](C1)c1cccc(=O)n1C2. The number of fused-ring (bicyclic) bond motifs is 4. The van der Waals surface area contributed by atoms with E-state index in [0.717, 1.165) is 49.6 Å². The lowest BCUT2D eigenvalue weighted by Gasteiger charge is -2.42. The number of aromatic nitrogens is 2. The monoisotopic (exact) mass is 351 g/mol. The van der Waals surface area contributed by atoms with Crippen molar-refractivity contribution in [2.45, 2.75) is 32.4 Å². The van der Waals surface area contributed by atoms with Crippen LogP contribution in [-0.4, -0.2) is 27.5 Å². The molecule has 2 aliphatic rings. The molecule has 1 fully saturated rings. The lowest BCUT2D eigenvalue weighted by atomic mass is 9.83. The van der Waals surface area contributed by atoms with Crippen molar-refractivity contribution < 1.29 is 8.83 Å². The maximum atomic E-state index is 12.1. The molecule has 6 nitrogen and oxygen atoms in total. The molecule has 0 saturated carbocycles. The Hall–Kier alpha value is -2.60. The number of rotatable bonds is 3. The number of likely N-dealkylation sites (tertiary alicyclic amines) is 1. The van der Waals surface area contributed by atoms with Crippen molar-refractivity contribution >= 4 is 0 Å². The molecule has 5 heterocycles. The van der Waals surface area contributed by atoms with Crippen LogP contribution in [0.2, 0.25) is 0 Å². The van der Waals surface area contributed by atoms with E-state index in [9.17, 15) is 4.79 Å². The van der Waals surface area contributed by atoms with Crippen molar-refractivity contribution in [1.29, 1.82) is 0 Å². The van der Waals surface area contributed by atoms with Crippen LogP contribution in [-0.2, 0) is 13.1 Å². The zero-order chi connectivity index (χ0) is 17.7. The van der Waals surface area contributed by atoms with Gasteiger partial charge in [0.05, 0.1) is 17.5 Å². The van der Waals surface area contributed by atoms with Gasteiger partial charge in [0.25, 0.3) is 5.56 Å². The first kappa shape index (κ1) is 15.6. The second-order valence-electron chi connectivity index (χ2n) is 7.43. The summed E-state index contributed by atoms with van der Waals surface area (Å²) < 4.78 is 12.9. The van der Waals surface area contributed by atoms with Crippen molar-refractivity contribution in [1.82, 2.24) is 14.5 Å². The van der Waals surface area contributed by atoms with Crippen molar-refractivity contribution in [2.75, 3.05) is 13.1 Å². The molecule has 1 saturated heterocycles. The van der Waals surface area contributed by atoms with E-state index in [1.807, 2.05) is 23.6 Å². The summed E-state index contributed by atoms with van der Waals surface area (Å²) in [6.45, 7) is 5.50. The molecular weight excluding hydrogens is 330 g/mol. The minimum Gasteiger partial charge on any atom is -0.472 e. The van der Waals surface area contributed by atoms with E-state index in [-0.39, 0.29) is 5.56 Å². The van der Waals surface area contributed by atoms with Gasteiger partial charge in [0.1, 0.15) is 12.0 Å². The number of piperidine rings is 1. The molecule has 0 radical (unpaired) electrons. The number of oxazole rings is 1. The van der Waals surface area contributed by atoms with E-state index >= 15 is 0 Å².